The Kier molecular flexibility index (Phi) is 5.11. The second-order valence-electron chi connectivity index (χ2n) is 3.64. The highest BCUT2D eigenvalue weighted by Crippen LogP contribution is 2.21. The van der Waals surface area contributed by atoms with Crippen LogP contribution in [0.3, 0.4) is 0 Å². The van der Waals surface area contributed by atoms with Gasteiger partial charge in [-0.25, -0.2) is 4.68 Å². The molecule has 0 radical (unpaired) electrons. The Bertz CT molecular complexity index is 322. The van der Waals surface area contributed by atoms with E-state index in [2.05, 4.69) is 17.3 Å². The van der Waals surface area contributed by atoms with Crippen LogP contribution in [0.15, 0.2) is 0 Å². The van der Waals surface area contributed by atoms with Crippen LogP contribution < -0.4 is 11.1 Å². The summed E-state index contributed by atoms with van der Waals surface area (Å²) in [4.78, 5) is 0. The van der Waals surface area contributed by atoms with Crippen LogP contribution >= 0.6 is 0 Å². The van der Waals surface area contributed by atoms with Gasteiger partial charge >= 0.3 is 0 Å². The molecular weight excluding hydrogens is 204 g/mol. The number of rotatable bonds is 7. The number of hydrogen-bond donors (Lipinski definition) is 2. The third-order valence-corrected chi connectivity index (χ3v) is 2.44. The van der Waals surface area contributed by atoms with Gasteiger partial charge in [0.05, 0.1) is 11.4 Å². The normalized spacial score (nSPS) is 10.7. The van der Waals surface area contributed by atoms with Gasteiger partial charge in [-0.1, -0.05) is 0 Å². The van der Waals surface area contributed by atoms with Crippen LogP contribution in [0.25, 0.3) is 0 Å². The van der Waals surface area contributed by atoms with Crippen LogP contribution in [0.2, 0.25) is 0 Å². The van der Waals surface area contributed by atoms with Crippen molar-refractivity contribution in [3.05, 3.63) is 5.69 Å². The number of ether oxygens (including phenoxy) is 1. The highest BCUT2D eigenvalue weighted by molar-refractivity contribution is 5.64. The lowest BCUT2D eigenvalue weighted by molar-refractivity contribution is 0.147. The Morgan fingerprint density at radius 1 is 1.44 bits per heavy atom. The summed E-state index contributed by atoms with van der Waals surface area (Å²) in [6, 6.07) is 0. The summed E-state index contributed by atoms with van der Waals surface area (Å²) >= 11 is 0. The number of nitrogens with zero attached hydrogens (tertiary/aromatic N) is 2. The zero-order valence-corrected chi connectivity index (χ0v) is 10.4. The number of aromatic nitrogens is 2. The van der Waals surface area contributed by atoms with Crippen LogP contribution in [-0.2, 0) is 11.3 Å². The second-order valence-corrected chi connectivity index (χ2v) is 3.64. The van der Waals surface area contributed by atoms with E-state index >= 15 is 0 Å². The first-order valence-corrected chi connectivity index (χ1v) is 5.85. The highest BCUT2D eigenvalue weighted by atomic mass is 16.5. The maximum Gasteiger partial charge on any atom is 0.148 e. The Balaban J connectivity index is 2.46. The van der Waals surface area contributed by atoms with Gasteiger partial charge in [-0.3, -0.25) is 0 Å². The molecule has 16 heavy (non-hydrogen) atoms. The van der Waals surface area contributed by atoms with Crippen molar-refractivity contribution in [3.8, 4) is 0 Å². The average molecular weight is 226 g/mol. The van der Waals surface area contributed by atoms with Crippen molar-refractivity contribution < 1.29 is 4.74 Å². The van der Waals surface area contributed by atoms with E-state index in [1.165, 1.54) is 0 Å². The fourth-order valence-corrected chi connectivity index (χ4v) is 1.54. The molecule has 0 aliphatic heterocycles. The highest BCUT2D eigenvalue weighted by Gasteiger charge is 2.10. The summed E-state index contributed by atoms with van der Waals surface area (Å²) in [6.07, 6.45) is 0.973. The number of aryl methyl sites for hydroxylation is 2. The fraction of sp³-hybridized carbons (Fsp3) is 0.727. The third-order valence-electron chi connectivity index (χ3n) is 2.44. The summed E-state index contributed by atoms with van der Waals surface area (Å²) in [5.74, 6) is 0.927. The number of anilines is 2. The zero-order valence-electron chi connectivity index (χ0n) is 10.4. The van der Waals surface area contributed by atoms with Crippen molar-refractivity contribution in [1.82, 2.24) is 9.78 Å². The molecule has 0 saturated heterocycles. The molecule has 0 aliphatic rings. The molecular formula is C11H22N4O. The molecule has 1 aromatic rings. The Labute approximate surface area is 97.0 Å². The van der Waals surface area contributed by atoms with E-state index in [0.29, 0.717) is 0 Å². The summed E-state index contributed by atoms with van der Waals surface area (Å²) in [5, 5.41) is 7.65. The molecule has 0 fully saturated rings. The molecule has 5 nitrogen and oxygen atoms in total. The number of nitrogens with one attached hydrogen (secondary N) is 1. The third kappa shape index (κ3) is 3.13. The minimum atomic E-state index is 0.748. The zero-order chi connectivity index (χ0) is 12.0. The van der Waals surface area contributed by atoms with E-state index in [1.54, 1.807) is 0 Å². The predicted octanol–water partition coefficient (Wildman–Crippen LogP) is 1.63. The van der Waals surface area contributed by atoms with E-state index in [-0.39, 0.29) is 0 Å². The fourth-order valence-electron chi connectivity index (χ4n) is 1.54. The van der Waals surface area contributed by atoms with E-state index in [1.807, 2.05) is 18.5 Å². The van der Waals surface area contributed by atoms with Crippen LogP contribution in [0, 0.1) is 6.92 Å². The van der Waals surface area contributed by atoms with Gasteiger partial charge in [0.25, 0.3) is 0 Å². The van der Waals surface area contributed by atoms with Crippen molar-refractivity contribution in [3.63, 3.8) is 0 Å². The summed E-state index contributed by atoms with van der Waals surface area (Å²) in [6.45, 7) is 9.21. The van der Waals surface area contributed by atoms with Crippen molar-refractivity contribution in [2.45, 2.75) is 33.7 Å². The van der Waals surface area contributed by atoms with Gasteiger partial charge in [0.2, 0.25) is 0 Å². The molecule has 1 rings (SSSR count). The molecule has 92 valence electrons. The number of hydrogen-bond acceptors (Lipinski definition) is 4. The summed E-state index contributed by atoms with van der Waals surface area (Å²) < 4.78 is 7.16. The number of nitrogen functional groups attached to an aromatic ring is 1. The first kappa shape index (κ1) is 12.8. The molecule has 5 heteroatoms. The molecule has 0 amide bonds. The first-order valence-electron chi connectivity index (χ1n) is 5.85. The van der Waals surface area contributed by atoms with E-state index < -0.39 is 0 Å². The number of nitrogens with two attached hydrogens (primary N) is 1. The monoisotopic (exact) mass is 226 g/mol. The Morgan fingerprint density at radius 2 is 2.19 bits per heavy atom. The molecule has 0 aliphatic carbocycles. The van der Waals surface area contributed by atoms with Crippen molar-refractivity contribution in [1.29, 1.82) is 0 Å². The van der Waals surface area contributed by atoms with Gasteiger partial charge in [0, 0.05) is 26.3 Å². The van der Waals surface area contributed by atoms with Gasteiger partial charge in [-0.05, 0) is 27.2 Å². The minimum absolute atomic E-state index is 0.748. The Morgan fingerprint density at radius 3 is 2.81 bits per heavy atom. The molecule has 1 aromatic heterocycles. The molecule has 3 N–H and O–H groups in total. The van der Waals surface area contributed by atoms with Crippen LogP contribution in [0.1, 0.15) is 26.0 Å². The van der Waals surface area contributed by atoms with Gasteiger partial charge in [-0.15, -0.1) is 0 Å². The van der Waals surface area contributed by atoms with Gasteiger partial charge < -0.3 is 15.8 Å². The second kappa shape index (κ2) is 6.37. The van der Waals surface area contributed by atoms with E-state index in [0.717, 1.165) is 49.9 Å². The van der Waals surface area contributed by atoms with E-state index in [9.17, 15) is 0 Å². The molecule has 0 atom stereocenters. The largest absolute Gasteiger partial charge is 0.394 e. The van der Waals surface area contributed by atoms with Crippen molar-refractivity contribution >= 4 is 11.5 Å². The molecule has 0 aromatic carbocycles. The molecule has 0 spiro atoms. The van der Waals surface area contributed by atoms with Gasteiger partial charge in [0.1, 0.15) is 5.82 Å². The average Bonchev–Trinajstić information content (AvgIpc) is 2.56. The molecule has 0 saturated carbocycles. The summed E-state index contributed by atoms with van der Waals surface area (Å²) in [7, 11) is 0. The maximum atomic E-state index is 5.94. The smallest absolute Gasteiger partial charge is 0.148 e. The molecule has 0 bridgehead atoms. The topological polar surface area (TPSA) is 65.1 Å². The van der Waals surface area contributed by atoms with Crippen LogP contribution in [0.5, 0.6) is 0 Å². The SMILES string of the molecule is CCOCCCNc1c(N)c(C)nn1CC. The van der Waals surface area contributed by atoms with Crippen LogP contribution in [-0.4, -0.2) is 29.5 Å². The standard InChI is InChI=1S/C11H22N4O/c1-4-15-11(10(12)9(3)14-15)13-7-6-8-16-5-2/h13H,4-8,12H2,1-3H3. The quantitative estimate of drug-likeness (QED) is 0.694. The lowest BCUT2D eigenvalue weighted by atomic mass is 10.3. The first-order chi connectivity index (χ1) is 7.70. The van der Waals surface area contributed by atoms with E-state index in [4.69, 9.17) is 10.5 Å². The van der Waals surface area contributed by atoms with Crippen LogP contribution in [0.4, 0.5) is 11.5 Å². The lowest BCUT2D eigenvalue weighted by Crippen LogP contribution is -2.11. The van der Waals surface area contributed by atoms with Gasteiger partial charge in [0.15, 0.2) is 0 Å². The predicted molar refractivity (Wildman–Crippen MR) is 66.7 cm³/mol. The lowest BCUT2D eigenvalue weighted by Gasteiger charge is -2.09. The Hall–Kier alpha value is -1.23. The molecule has 1 heterocycles. The van der Waals surface area contributed by atoms with Crippen molar-refractivity contribution in [2.24, 2.45) is 0 Å². The molecule has 0 unspecified atom stereocenters. The minimum Gasteiger partial charge on any atom is -0.394 e. The summed E-state index contributed by atoms with van der Waals surface area (Å²) in [5.41, 5.74) is 7.57. The van der Waals surface area contributed by atoms with Crippen molar-refractivity contribution in [2.75, 3.05) is 30.8 Å². The van der Waals surface area contributed by atoms with Gasteiger partial charge in [-0.2, -0.15) is 5.10 Å². The maximum absolute atomic E-state index is 5.94.